The minimum Gasteiger partial charge on any atom is -0.491 e. The molecule has 0 fully saturated rings. The molecule has 120 valence electrons. The van der Waals surface area contributed by atoms with Gasteiger partial charge in [-0.25, -0.2) is 0 Å². The van der Waals surface area contributed by atoms with Crippen LogP contribution in [0.15, 0.2) is 24.3 Å². The zero-order chi connectivity index (χ0) is 15.5. The molecule has 3 nitrogen and oxygen atoms in total. The molecular formula is C17H28ClNO2. The predicted molar refractivity (Wildman–Crippen MR) is 89.1 cm³/mol. The molecular weight excluding hydrogens is 286 g/mol. The molecule has 0 aliphatic rings. The standard InChI is InChI=1S/C17H28ClNO2/c1-3-5-7-14(4-2)11-19-12-16(20)13-21-17-9-6-8-15(18)10-17/h6,8-10,14,16,19-20H,3-5,7,11-13H2,1-2H3. The number of aliphatic hydroxyl groups is 1. The summed E-state index contributed by atoms with van der Waals surface area (Å²) in [5.41, 5.74) is 0. The lowest BCUT2D eigenvalue weighted by Gasteiger charge is -2.17. The first-order valence-electron chi connectivity index (χ1n) is 7.92. The van der Waals surface area contributed by atoms with Gasteiger partial charge in [-0.1, -0.05) is 50.8 Å². The Bertz CT molecular complexity index is 387. The Morgan fingerprint density at radius 3 is 2.76 bits per heavy atom. The molecule has 2 atom stereocenters. The lowest BCUT2D eigenvalue weighted by atomic mass is 9.99. The van der Waals surface area contributed by atoms with Crippen LogP contribution in [0.2, 0.25) is 5.02 Å². The van der Waals surface area contributed by atoms with Gasteiger partial charge < -0.3 is 15.2 Å². The first-order valence-corrected chi connectivity index (χ1v) is 8.30. The molecule has 0 saturated heterocycles. The van der Waals surface area contributed by atoms with Crippen molar-refractivity contribution < 1.29 is 9.84 Å². The van der Waals surface area contributed by atoms with Crippen LogP contribution in [0.5, 0.6) is 5.75 Å². The minimum atomic E-state index is -0.507. The highest BCUT2D eigenvalue weighted by molar-refractivity contribution is 6.30. The van der Waals surface area contributed by atoms with Crippen molar-refractivity contribution in [1.82, 2.24) is 5.32 Å². The third-order valence-electron chi connectivity index (χ3n) is 3.59. The van der Waals surface area contributed by atoms with Crippen LogP contribution in [0, 0.1) is 5.92 Å². The van der Waals surface area contributed by atoms with E-state index in [1.165, 1.54) is 25.7 Å². The van der Waals surface area contributed by atoms with Crippen molar-refractivity contribution in [2.24, 2.45) is 5.92 Å². The number of aliphatic hydroxyl groups excluding tert-OH is 1. The van der Waals surface area contributed by atoms with Crippen molar-refractivity contribution in [3.05, 3.63) is 29.3 Å². The largest absolute Gasteiger partial charge is 0.491 e. The molecule has 0 saturated carbocycles. The van der Waals surface area contributed by atoms with E-state index in [-0.39, 0.29) is 6.61 Å². The number of hydrogen-bond acceptors (Lipinski definition) is 3. The lowest BCUT2D eigenvalue weighted by Crippen LogP contribution is -2.34. The van der Waals surface area contributed by atoms with E-state index in [0.29, 0.717) is 23.2 Å². The Morgan fingerprint density at radius 2 is 2.10 bits per heavy atom. The second-order valence-corrected chi connectivity index (χ2v) is 5.93. The van der Waals surface area contributed by atoms with E-state index in [9.17, 15) is 5.11 Å². The maximum atomic E-state index is 9.92. The first-order chi connectivity index (χ1) is 10.2. The summed E-state index contributed by atoms with van der Waals surface area (Å²) in [4.78, 5) is 0. The van der Waals surface area contributed by atoms with Crippen LogP contribution in [-0.2, 0) is 0 Å². The van der Waals surface area contributed by atoms with E-state index in [1.807, 2.05) is 12.1 Å². The normalized spacial score (nSPS) is 13.9. The van der Waals surface area contributed by atoms with Gasteiger partial charge in [0.15, 0.2) is 0 Å². The topological polar surface area (TPSA) is 41.5 Å². The predicted octanol–water partition coefficient (Wildman–Crippen LogP) is 3.89. The van der Waals surface area contributed by atoms with Crippen molar-refractivity contribution in [3.63, 3.8) is 0 Å². The fraction of sp³-hybridized carbons (Fsp3) is 0.647. The Morgan fingerprint density at radius 1 is 1.29 bits per heavy atom. The van der Waals surface area contributed by atoms with Gasteiger partial charge in [-0.2, -0.15) is 0 Å². The first kappa shape index (κ1) is 18.3. The van der Waals surface area contributed by atoms with E-state index in [1.54, 1.807) is 12.1 Å². The summed E-state index contributed by atoms with van der Waals surface area (Å²) >= 11 is 5.88. The van der Waals surface area contributed by atoms with Crippen LogP contribution < -0.4 is 10.1 Å². The molecule has 2 unspecified atom stereocenters. The number of ether oxygens (including phenoxy) is 1. The van der Waals surface area contributed by atoms with Crippen LogP contribution in [0.1, 0.15) is 39.5 Å². The van der Waals surface area contributed by atoms with E-state index in [2.05, 4.69) is 19.2 Å². The fourth-order valence-corrected chi connectivity index (χ4v) is 2.39. The van der Waals surface area contributed by atoms with Crippen LogP contribution in [-0.4, -0.2) is 30.9 Å². The molecule has 0 heterocycles. The van der Waals surface area contributed by atoms with Gasteiger partial charge in [0.05, 0.1) is 0 Å². The van der Waals surface area contributed by atoms with E-state index >= 15 is 0 Å². The average molecular weight is 314 g/mol. The Balaban J connectivity index is 2.17. The van der Waals surface area contributed by atoms with Crippen LogP contribution in [0.3, 0.4) is 0 Å². The number of rotatable bonds is 11. The molecule has 1 aromatic carbocycles. The molecule has 0 aliphatic carbocycles. The second kappa shape index (κ2) is 10.9. The molecule has 0 radical (unpaired) electrons. The molecule has 0 aromatic heterocycles. The van der Waals surface area contributed by atoms with Crippen LogP contribution in [0.25, 0.3) is 0 Å². The summed E-state index contributed by atoms with van der Waals surface area (Å²) < 4.78 is 5.52. The lowest BCUT2D eigenvalue weighted by molar-refractivity contribution is 0.105. The van der Waals surface area contributed by atoms with Gasteiger partial charge >= 0.3 is 0 Å². The van der Waals surface area contributed by atoms with Crippen molar-refractivity contribution >= 4 is 11.6 Å². The smallest absolute Gasteiger partial charge is 0.120 e. The summed E-state index contributed by atoms with van der Waals surface area (Å²) in [7, 11) is 0. The molecule has 0 bridgehead atoms. The van der Waals surface area contributed by atoms with Crippen molar-refractivity contribution in [3.8, 4) is 5.75 Å². The zero-order valence-electron chi connectivity index (χ0n) is 13.1. The number of hydrogen-bond donors (Lipinski definition) is 2. The molecule has 0 amide bonds. The molecule has 1 aromatic rings. The van der Waals surface area contributed by atoms with Crippen molar-refractivity contribution in [2.75, 3.05) is 19.7 Å². The van der Waals surface area contributed by atoms with E-state index < -0.39 is 6.10 Å². The molecule has 4 heteroatoms. The molecule has 0 spiro atoms. The zero-order valence-corrected chi connectivity index (χ0v) is 13.9. The summed E-state index contributed by atoms with van der Waals surface area (Å²) in [5.74, 6) is 1.39. The minimum absolute atomic E-state index is 0.277. The second-order valence-electron chi connectivity index (χ2n) is 5.50. The maximum absolute atomic E-state index is 9.92. The van der Waals surface area contributed by atoms with Gasteiger partial charge in [0.2, 0.25) is 0 Å². The molecule has 1 rings (SSSR count). The number of halogens is 1. The highest BCUT2D eigenvalue weighted by Gasteiger charge is 2.08. The van der Waals surface area contributed by atoms with E-state index in [0.717, 1.165) is 6.54 Å². The molecule has 21 heavy (non-hydrogen) atoms. The van der Waals surface area contributed by atoms with Gasteiger partial charge in [-0.15, -0.1) is 0 Å². The summed E-state index contributed by atoms with van der Waals surface area (Å²) in [6.45, 7) is 6.24. The average Bonchev–Trinajstić information content (AvgIpc) is 2.48. The summed E-state index contributed by atoms with van der Waals surface area (Å²) in [6, 6.07) is 7.22. The van der Waals surface area contributed by atoms with Gasteiger partial charge in [0.25, 0.3) is 0 Å². The third kappa shape index (κ3) is 8.30. The SMILES string of the molecule is CCCCC(CC)CNCC(O)COc1cccc(Cl)c1. The van der Waals surface area contributed by atoms with E-state index in [4.69, 9.17) is 16.3 Å². The summed E-state index contributed by atoms with van der Waals surface area (Å²) in [6.07, 6.45) is 4.46. The van der Waals surface area contributed by atoms with Gasteiger partial charge in [-0.3, -0.25) is 0 Å². The molecule has 0 aliphatic heterocycles. The number of nitrogens with one attached hydrogen (secondary N) is 1. The van der Waals surface area contributed by atoms with Gasteiger partial charge in [0.1, 0.15) is 18.5 Å². The van der Waals surface area contributed by atoms with Crippen molar-refractivity contribution in [1.29, 1.82) is 0 Å². The quantitative estimate of drug-likeness (QED) is 0.651. The Hall–Kier alpha value is -0.770. The number of benzene rings is 1. The third-order valence-corrected chi connectivity index (χ3v) is 3.83. The highest BCUT2D eigenvalue weighted by Crippen LogP contribution is 2.17. The Labute approximate surface area is 133 Å². The number of unbranched alkanes of at least 4 members (excludes halogenated alkanes) is 1. The van der Waals surface area contributed by atoms with Crippen LogP contribution in [0.4, 0.5) is 0 Å². The van der Waals surface area contributed by atoms with Crippen LogP contribution >= 0.6 is 11.6 Å². The van der Waals surface area contributed by atoms with Gasteiger partial charge in [0, 0.05) is 11.6 Å². The summed E-state index contributed by atoms with van der Waals surface area (Å²) in [5, 5.41) is 13.9. The fourth-order valence-electron chi connectivity index (χ4n) is 2.21. The Kier molecular flexibility index (Phi) is 9.48. The maximum Gasteiger partial charge on any atom is 0.120 e. The van der Waals surface area contributed by atoms with Gasteiger partial charge in [-0.05, 0) is 37.1 Å². The van der Waals surface area contributed by atoms with Crippen molar-refractivity contribution in [2.45, 2.75) is 45.6 Å². The molecule has 2 N–H and O–H groups in total. The highest BCUT2D eigenvalue weighted by atomic mass is 35.5. The monoisotopic (exact) mass is 313 g/mol.